The van der Waals surface area contributed by atoms with E-state index in [1.54, 1.807) is 34.2 Å². The highest BCUT2D eigenvalue weighted by Gasteiger charge is 2.41. The molecule has 2 aromatic heterocycles. The molecule has 0 saturated carbocycles. The van der Waals surface area contributed by atoms with Crippen LogP contribution in [0.1, 0.15) is 18.5 Å². The molecule has 0 aromatic carbocycles. The summed E-state index contributed by atoms with van der Waals surface area (Å²) in [5.41, 5.74) is -1.02. The first-order valence-corrected chi connectivity index (χ1v) is 7.41. The van der Waals surface area contributed by atoms with Gasteiger partial charge in [0.05, 0.1) is 18.8 Å². The molecule has 0 spiro atoms. The van der Waals surface area contributed by atoms with Gasteiger partial charge >= 0.3 is 0 Å². The molecule has 8 heteroatoms. The predicted octanol–water partition coefficient (Wildman–Crippen LogP) is -0.417. The molecule has 0 radical (unpaired) electrons. The van der Waals surface area contributed by atoms with Gasteiger partial charge in [-0.25, -0.2) is 4.68 Å². The maximum absolute atomic E-state index is 12.5. The quantitative estimate of drug-likeness (QED) is 0.827. The molecule has 2 aromatic rings. The summed E-state index contributed by atoms with van der Waals surface area (Å²) in [5.74, 6) is -0.388. The van der Waals surface area contributed by atoms with E-state index in [0.29, 0.717) is 13.1 Å². The Labute approximate surface area is 133 Å². The van der Waals surface area contributed by atoms with Crippen molar-refractivity contribution in [2.24, 2.45) is 0 Å². The fourth-order valence-electron chi connectivity index (χ4n) is 2.68. The molecule has 0 aliphatic carbocycles. The van der Waals surface area contributed by atoms with Gasteiger partial charge in [-0.05, 0) is 25.5 Å². The fourth-order valence-corrected chi connectivity index (χ4v) is 2.68. The van der Waals surface area contributed by atoms with E-state index in [4.69, 9.17) is 0 Å². The zero-order chi connectivity index (χ0) is 16.6. The summed E-state index contributed by atoms with van der Waals surface area (Å²) in [7, 11) is 0. The highest BCUT2D eigenvalue weighted by Crippen LogP contribution is 2.23. The molecular formula is C15H19N5O3. The maximum Gasteiger partial charge on any atom is 0.256 e. The number of carbonyl (C=O) groups is 1. The lowest BCUT2D eigenvalue weighted by Gasteiger charge is -2.42. The SMILES string of the molecule is Cc1ccn(CC(C)(O)C(=O)N2CC(n3ccnn3)C2)c(=O)c1. The monoisotopic (exact) mass is 317 g/mol. The maximum atomic E-state index is 12.5. The van der Waals surface area contributed by atoms with E-state index < -0.39 is 5.60 Å². The van der Waals surface area contributed by atoms with Gasteiger partial charge < -0.3 is 14.6 Å². The molecular weight excluding hydrogens is 298 g/mol. The number of aromatic nitrogens is 4. The predicted molar refractivity (Wildman–Crippen MR) is 81.7 cm³/mol. The van der Waals surface area contributed by atoms with Crippen LogP contribution in [0.25, 0.3) is 0 Å². The molecule has 1 unspecified atom stereocenters. The Morgan fingerprint density at radius 3 is 2.78 bits per heavy atom. The Morgan fingerprint density at radius 2 is 2.17 bits per heavy atom. The standard InChI is InChI=1S/C15H19N5O3/c1-11-3-5-18(13(21)7-11)10-15(2,23)14(22)19-8-12(9-19)20-6-4-16-17-20/h3-7,12,23H,8-10H2,1-2H3. The van der Waals surface area contributed by atoms with E-state index >= 15 is 0 Å². The summed E-state index contributed by atoms with van der Waals surface area (Å²) in [5, 5.41) is 18.1. The van der Waals surface area contributed by atoms with Gasteiger partial charge in [0.2, 0.25) is 0 Å². The van der Waals surface area contributed by atoms with Crippen molar-refractivity contribution in [2.75, 3.05) is 13.1 Å². The van der Waals surface area contributed by atoms with Crippen LogP contribution < -0.4 is 5.56 Å². The van der Waals surface area contributed by atoms with Gasteiger partial charge in [0, 0.05) is 31.5 Å². The molecule has 3 heterocycles. The molecule has 0 bridgehead atoms. The summed E-state index contributed by atoms with van der Waals surface area (Å²) < 4.78 is 3.04. The van der Waals surface area contributed by atoms with Crippen LogP contribution in [0.5, 0.6) is 0 Å². The molecule has 1 amide bonds. The van der Waals surface area contributed by atoms with Crippen molar-refractivity contribution in [1.29, 1.82) is 0 Å². The van der Waals surface area contributed by atoms with Gasteiger partial charge in [0.15, 0.2) is 5.60 Å². The van der Waals surface area contributed by atoms with Gasteiger partial charge in [0.1, 0.15) is 0 Å². The number of aliphatic hydroxyl groups is 1. The Morgan fingerprint density at radius 1 is 1.43 bits per heavy atom. The number of likely N-dealkylation sites (tertiary alicyclic amines) is 1. The fraction of sp³-hybridized carbons (Fsp3) is 0.467. The van der Waals surface area contributed by atoms with Gasteiger partial charge in [0.25, 0.3) is 11.5 Å². The van der Waals surface area contributed by atoms with Crippen molar-refractivity contribution >= 4 is 5.91 Å². The molecule has 1 atom stereocenters. The van der Waals surface area contributed by atoms with E-state index in [9.17, 15) is 14.7 Å². The van der Waals surface area contributed by atoms with Crippen LogP contribution in [0, 0.1) is 6.92 Å². The minimum atomic E-state index is -1.63. The average molecular weight is 317 g/mol. The number of aryl methyl sites for hydroxylation is 1. The lowest BCUT2D eigenvalue weighted by atomic mass is 10.0. The zero-order valence-electron chi connectivity index (χ0n) is 13.1. The van der Waals surface area contributed by atoms with Crippen LogP contribution in [0.2, 0.25) is 0 Å². The lowest BCUT2D eigenvalue weighted by Crippen LogP contribution is -2.59. The van der Waals surface area contributed by atoms with Gasteiger partial charge in [-0.2, -0.15) is 0 Å². The van der Waals surface area contributed by atoms with Crippen LogP contribution in [0.4, 0.5) is 0 Å². The number of nitrogens with zero attached hydrogens (tertiary/aromatic N) is 5. The third-order valence-electron chi connectivity index (χ3n) is 4.06. The summed E-state index contributed by atoms with van der Waals surface area (Å²) in [6.45, 7) is 4.13. The molecule has 8 nitrogen and oxygen atoms in total. The van der Waals surface area contributed by atoms with Crippen LogP contribution in [0.15, 0.2) is 35.5 Å². The third kappa shape index (κ3) is 3.02. The first-order valence-electron chi connectivity index (χ1n) is 7.41. The number of carbonyl (C=O) groups excluding carboxylic acids is 1. The van der Waals surface area contributed by atoms with Gasteiger partial charge in [-0.15, -0.1) is 5.10 Å². The molecule has 1 aliphatic heterocycles. The Bertz CT molecular complexity index is 760. The second-order valence-corrected chi connectivity index (χ2v) is 6.19. The van der Waals surface area contributed by atoms with Crippen LogP contribution in [-0.2, 0) is 11.3 Å². The van der Waals surface area contributed by atoms with Crippen molar-refractivity contribution in [3.63, 3.8) is 0 Å². The van der Waals surface area contributed by atoms with E-state index in [0.717, 1.165) is 5.56 Å². The van der Waals surface area contributed by atoms with Crippen molar-refractivity contribution in [1.82, 2.24) is 24.5 Å². The highest BCUT2D eigenvalue weighted by molar-refractivity contribution is 5.85. The van der Waals surface area contributed by atoms with Crippen molar-refractivity contribution in [2.45, 2.75) is 32.0 Å². The van der Waals surface area contributed by atoms with Crippen LogP contribution >= 0.6 is 0 Å². The smallest absolute Gasteiger partial charge is 0.256 e. The average Bonchev–Trinajstić information content (AvgIpc) is 2.94. The van der Waals surface area contributed by atoms with Gasteiger partial charge in [-0.3, -0.25) is 9.59 Å². The molecule has 1 saturated heterocycles. The normalized spacial score (nSPS) is 17.6. The Hall–Kier alpha value is -2.48. The summed E-state index contributed by atoms with van der Waals surface area (Å²) in [6, 6.07) is 3.33. The number of amides is 1. The second kappa shape index (κ2) is 5.62. The Balaban J connectivity index is 1.65. The van der Waals surface area contributed by atoms with Gasteiger partial charge in [-0.1, -0.05) is 5.21 Å². The molecule has 23 heavy (non-hydrogen) atoms. The molecule has 1 fully saturated rings. The third-order valence-corrected chi connectivity index (χ3v) is 4.06. The lowest BCUT2D eigenvalue weighted by molar-refractivity contribution is -0.157. The number of rotatable bonds is 4. The minimum Gasteiger partial charge on any atom is -0.378 e. The Kier molecular flexibility index (Phi) is 3.77. The molecule has 3 rings (SSSR count). The molecule has 1 aliphatic rings. The first-order chi connectivity index (χ1) is 10.9. The van der Waals surface area contributed by atoms with Crippen molar-refractivity contribution in [3.8, 4) is 0 Å². The highest BCUT2D eigenvalue weighted by atomic mass is 16.3. The minimum absolute atomic E-state index is 0.0740. The van der Waals surface area contributed by atoms with E-state index in [2.05, 4.69) is 10.3 Å². The number of pyridine rings is 1. The summed E-state index contributed by atoms with van der Waals surface area (Å²) >= 11 is 0. The molecule has 122 valence electrons. The number of hydrogen-bond acceptors (Lipinski definition) is 5. The van der Waals surface area contributed by atoms with E-state index in [1.807, 2.05) is 6.92 Å². The summed E-state index contributed by atoms with van der Waals surface area (Å²) in [4.78, 5) is 25.9. The van der Waals surface area contributed by atoms with E-state index in [-0.39, 0.29) is 24.1 Å². The number of hydrogen-bond donors (Lipinski definition) is 1. The van der Waals surface area contributed by atoms with Crippen molar-refractivity contribution < 1.29 is 9.90 Å². The topological polar surface area (TPSA) is 93.2 Å². The van der Waals surface area contributed by atoms with Crippen molar-refractivity contribution in [3.05, 3.63) is 46.6 Å². The largest absolute Gasteiger partial charge is 0.378 e. The van der Waals surface area contributed by atoms with Crippen LogP contribution in [0.3, 0.4) is 0 Å². The molecule has 1 N–H and O–H groups in total. The zero-order valence-corrected chi connectivity index (χ0v) is 13.1. The second-order valence-electron chi connectivity index (χ2n) is 6.19. The first kappa shape index (κ1) is 15.4. The summed E-state index contributed by atoms with van der Waals surface area (Å²) in [6.07, 6.45) is 4.93. The van der Waals surface area contributed by atoms with Crippen LogP contribution in [-0.4, -0.2) is 54.2 Å². The van der Waals surface area contributed by atoms with E-state index in [1.165, 1.54) is 17.6 Å².